The quantitative estimate of drug-likeness (QED) is 0.826. The van der Waals surface area contributed by atoms with Crippen molar-refractivity contribution in [3.8, 4) is 0 Å². The van der Waals surface area contributed by atoms with Gasteiger partial charge >= 0.3 is 0 Å². The summed E-state index contributed by atoms with van der Waals surface area (Å²) in [6.45, 7) is 2.82. The van der Waals surface area contributed by atoms with Crippen LogP contribution in [0.1, 0.15) is 37.7 Å². The van der Waals surface area contributed by atoms with Crippen molar-refractivity contribution in [1.29, 1.82) is 0 Å². The summed E-state index contributed by atoms with van der Waals surface area (Å²) in [7, 11) is 0. The minimum absolute atomic E-state index is 0.356. The summed E-state index contributed by atoms with van der Waals surface area (Å²) in [4.78, 5) is 0. The van der Waals surface area contributed by atoms with Crippen molar-refractivity contribution in [2.45, 2.75) is 32.1 Å². The lowest BCUT2D eigenvalue weighted by Crippen LogP contribution is -2.12. The van der Waals surface area contributed by atoms with Gasteiger partial charge in [0.15, 0.2) is 0 Å². The third-order valence-corrected chi connectivity index (χ3v) is 3.16. The molecule has 1 nitrogen and oxygen atoms in total. The normalized spacial score (nSPS) is 12.8. The van der Waals surface area contributed by atoms with E-state index in [1.165, 1.54) is 12.8 Å². The molecule has 3 heteroatoms. The summed E-state index contributed by atoms with van der Waals surface area (Å²) in [6, 6.07) is 5.64. The summed E-state index contributed by atoms with van der Waals surface area (Å²) < 4.78 is 0. The number of hydrogen-bond acceptors (Lipinski definition) is 1. The molecule has 0 fully saturated rings. The van der Waals surface area contributed by atoms with Crippen LogP contribution in [0.2, 0.25) is 10.0 Å². The Balaban J connectivity index is 2.81. The Morgan fingerprint density at radius 1 is 1.33 bits per heavy atom. The molecule has 0 aliphatic heterocycles. The van der Waals surface area contributed by atoms with Crippen molar-refractivity contribution in [1.82, 2.24) is 0 Å². The molecule has 0 amide bonds. The number of hydrogen-bond donors (Lipinski definition) is 1. The van der Waals surface area contributed by atoms with Gasteiger partial charge in [0.2, 0.25) is 0 Å². The molecule has 1 aromatic carbocycles. The highest BCUT2D eigenvalue weighted by Gasteiger charge is 2.12. The molecular formula is C12H17Cl2N. The highest BCUT2D eigenvalue weighted by atomic mass is 35.5. The van der Waals surface area contributed by atoms with E-state index < -0.39 is 0 Å². The molecule has 15 heavy (non-hydrogen) atoms. The highest BCUT2D eigenvalue weighted by molar-refractivity contribution is 6.35. The van der Waals surface area contributed by atoms with Gasteiger partial charge in [-0.3, -0.25) is 0 Å². The standard InChI is InChI=1S/C12H17Cl2N/c1-2-3-4-9(8-15)11-6-5-10(13)7-12(11)14/h5-7,9H,2-4,8,15H2,1H3. The van der Waals surface area contributed by atoms with Crippen LogP contribution in [0.15, 0.2) is 18.2 Å². The molecule has 1 rings (SSSR count). The Morgan fingerprint density at radius 2 is 2.07 bits per heavy atom. The van der Waals surface area contributed by atoms with Crippen molar-refractivity contribution in [2.75, 3.05) is 6.54 Å². The Kier molecular flexibility index (Phi) is 5.44. The summed E-state index contributed by atoms with van der Waals surface area (Å²) >= 11 is 12.0. The first-order chi connectivity index (χ1) is 7.19. The molecule has 0 aromatic heterocycles. The lowest BCUT2D eigenvalue weighted by Gasteiger charge is -2.16. The average molecular weight is 246 g/mol. The fraction of sp³-hybridized carbons (Fsp3) is 0.500. The lowest BCUT2D eigenvalue weighted by molar-refractivity contribution is 0.592. The Morgan fingerprint density at radius 3 is 2.60 bits per heavy atom. The van der Waals surface area contributed by atoms with E-state index in [2.05, 4.69) is 6.92 Å². The number of unbranched alkanes of at least 4 members (excludes halogenated alkanes) is 1. The molecule has 1 aromatic rings. The molecule has 84 valence electrons. The van der Waals surface area contributed by atoms with Crippen LogP contribution in [0.25, 0.3) is 0 Å². The van der Waals surface area contributed by atoms with E-state index in [0.717, 1.165) is 17.0 Å². The van der Waals surface area contributed by atoms with Crippen LogP contribution in [0, 0.1) is 0 Å². The Bertz CT molecular complexity index is 312. The number of nitrogens with two attached hydrogens (primary N) is 1. The van der Waals surface area contributed by atoms with Crippen LogP contribution in [0.4, 0.5) is 0 Å². The molecule has 2 N–H and O–H groups in total. The largest absolute Gasteiger partial charge is 0.330 e. The minimum atomic E-state index is 0.356. The molecule has 0 saturated carbocycles. The molecule has 0 aliphatic rings. The molecule has 1 unspecified atom stereocenters. The SMILES string of the molecule is CCCCC(CN)c1ccc(Cl)cc1Cl. The number of halogens is 2. The van der Waals surface area contributed by atoms with Crippen molar-refractivity contribution in [2.24, 2.45) is 5.73 Å². The zero-order valence-corrected chi connectivity index (χ0v) is 10.5. The van der Waals surface area contributed by atoms with E-state index in [9.17, 15) is 0 Å². The molecule has 0 radical (unpaired) electrons. The molecular weight excluding hydrogens is 229 g/mol. The summed E-state index contributed by atoms with van der Waals surface area (Å²) in [5.41, 5.74) is 6.88. The van der Waals surface area contributed by atoms with Gasteiger partial charge in [-0.05, 0) is 36.6 Å². The predicted molar refractivity (Wildman–Crippen MR) is 67.8 cm³/mol. The minimum Gasteiger partial charge on any atom is -0.330 e. The van der Waals surface area contributed by atoms with Gasteiger partial charge < -0.3 is 5.73 Å². The topological polar surface area (TPSA) is 26.0 Å². The van der Waals surface area contributed by atoms with Gasteiger partial charge in [0, 0.05) is 10.0 Å². The third-order valence-electron chi connectivity index (χ3n) is 2.59. The smallest absolute Gasteiger partial charge is 0.0456 e. The van der Waals surface area contributed by atoms with Crippen LogP contribution in [-0.4, -0.2) is 6.54 Å². The molecule has 0 bridgehead atoms. The van der Waals surface area contributed by atoms with Gasteiger partial charge in [0.05, 0.1) is 0 Å². The maximum absolute atomic E-state index is 6.14. The van der Waals surface area contributed by atoms with Crippen LogP contribution in [-0.2, 0) is 0 Å². The van der Waals surface area contributed by atoms with E-state index in [1.807, 2.05) is 12.1 Å². The van der Waals surface area contributed by atoms with Crippen molar-refractivity contribution >= 4 is 23.2 Å². The van der Waals surface area contributed by atoms with Gasteiger partial charge in [0.1, 0.15) is 0 Å². The second kappa shape index (κ2) is 6.37. The average Bonchev–Trinajstić information content (AvgIpc) is 2.21. The van der Waals surface area contributed by atoms with Crippen LogP contribution in [0.5, 0.6) is 0 Å². The second-order valence-electron chi connectivity index (χ2n) is 3.74. The fourth-order valence-electron chi connectivity index (χ4n) is 1.68. The molecule has 1 atom stereocenters. The lowest BCUT2D eigenvalue weighted by atomic mass is 9.94. The number of rotatable bonds is 5. The van der Waals surface area contributed by atoms with E-state index in [1.54, 1.807) is 6.07 Å². The predicted octanol–water partition coefficient (Wildman–Crippen LogP) is 4.23. The van der Waals surface area contributed by atoms with Crippen LogP contribution < -0.4 is 5.73 Å². The zero-order chi connectivity index (χ0) is 11.3. The Labute approximate surface area is 102 Å². The number of benzene rings is 1. The maximum Gasteiger partial charge on any atom is 0.0456 e. The van der Waals surface area contributed by atoms with E-state index >= 15 is 0 Å². The second-order valence-corrected chi connectivity index (χ2v) is 4.58. The fourth-order valence-corrected chi connectivity index (χ4v) is 2.25. The van der Waals surface area contributed by atoms with E-state index in [0.29, 0.717) is 17.5 Å². The van der Waals surface area contributed by atoms with Gasteiger partial charge in [-0.15, -0.1) is 0 Å². The first kappa shape index (κ1) is 12.8. The highest BCUT2D eigenvalue weighted by Crippen LogP contribution is 2.29. The maximum atomic E-state index is 6.14. The van der Waals surface area contributed by atoms with Gasteiger partial charge in [0.25, 0.3) is 0 Å². The summed E-state index contributed by atoms with van der Waals surface area (Å²) in [5, 5.41) is 1.41. The van der Waals surface area contributed by atoms with Gasteiger partial charge in [-0.25, -0.2) is 0 Å². The molecule has 0 aliphatic carbocycles. The van der Waals surface area contributed by atoms with Crippen LogP contribution >= 0.6 is 23.2 Å². The van der Waals surface area contributed by atoms with E-state index in [-0.39, 0.29) is 0 Å². The van der Waals surface area contributed by atoms with Gasteiger partial charge in [-0.2, -0.15) is 0 Å². The summed E-state index contributed by atoms with van der Waals surface area (Å²) in [5.74, 6) is 0.356. The summed E-state index contributed by atoms with van der Waals surface area (Å²) in [6.07, 6.45) is 3.46. The molecule has 0 saturated heterocycles. The zero-order valence-electron chi connectivity index (χ0n) is 8.97. The monoisotopic (exact) mass is 245 g/mol. The third kappa shape index (κ3) is 3.67. The van der Waals surface area contributed by atoms with Crippen molar-refractivity contribution < 1.29 is 0 Å². The first-order valence-electron chi connectivity index (χ1n) is 5.34. The van der Waals surface area contributed by atoms with Gasteiger partial charge in [-0.1, -0.05) is 49.0 Å². The van der Waals surface area contributed by atoms with Crippen molar-refractivity contribution in [3.63, 3.8) is 0 Å². The molecule has 0 spiro atoms. The van der Waals surface area contributed by atoms with E-state index in [4.69, 9.17) is 28.9 Å². The first-order valence-corrected chi connectivity index (χ1v) is 6.09. The molecule has 0 heterocycles. The van der Waals surface area contributed by atoms with Crippen molar-refractivity contribution in [3.05, 3.63) is 33.8 Å². The Hall–Kier alpha value is -0.240. The van der Waals surface area contributed by atoms with Crippen LogP contribution in [0.3, 0.4) is 0 Å².